The molecule has 0 radical (unpaired) electrons. The van der Waals surface area contributed by atoms with E-state index in [2.05, 4.69) is 4.72 Å². The van der Waals surface area contributed by atoms with E-state index in [1.807, 2.05) is 61.5 Å². The number of rotatable bonds is 4. The van der Waals surface area contributed by atoms with Crippen molar-refractivity contribution >= 4 is 10.0 Å². The van der Waals surface area contributed by atoms with Gasteiger partial charge in [-0.25, -0.2) is 13.1 Å². The SMILES string of the molecule is Cc1ccc([C@H](NS(C)(=O)=O)c2ccccc2)cc1. The summed E-state index contributed by atoms with van der Waals surface area (Å²) in [4.78, 5) is 0. The van der Waals surface area contributed by atoms with Crippen LogP contribution in [0.5, 0.6) is 0 Å². The largest absolute Gasteiger partial charge is 0.213 e. The summed E-state index contributed by atoms with van der Waals surface area (Å²) in [5, 5.41) is 0. The van der Waals surface area contributed by atoms with Crippen molar-refractivity contribution in [3.63, 3.8) is 0 Å². The lowest BCUT2D eigenvalue weighted by Gasteiger charge is -2.18. The molecule has 100 valence electrons. The monoisotopic (exact) mass is 275 g/mol. The van der Waals surface area contributed by atoms with Gasteiger partial charge in [0.1, 0.15) is 0 Å². The first kappa shape index (κ1) is 13.8. The normalized spacial score (nSPS) is 13.2. The highest BCUT2D eigenvalue weighted by atomic mass is 32.2. The molecule has 0 aromatic heterocycles. The van der Waals surface area contributed by atoms with E-state index < -0.39 is 10.0 Å². The first-order valence-corrected chi connectivity index (χ1v) is 7.94. The topological polar surface area (TPSA) is 46.2 Å². The predicted molar refractivity (Wildman–Crippen MR) is 77.4 cm³/mol. The quantitative estimate of drug-likeness (QED) is 0.932. The Morgan fingerprint density at radius 3 is 1.95 bits per heavy atom. The molecule has 0 heterocycles. The van der Waals surface area contributed by atoms with Crippen molar-refractivity contribution in [3.05, 3.63) is 71.3 Å². The Hall–Kier alpha value is -1.65. The average molecular weight is 275 g/mol. The molecule has 1 atom stereocenters. The standard InChI is InChI=1S/C15H17NO2S/c1-12-8-10-14(11-9-12)15(16-19(2,17)18)13-6-4-3-5-7-13/h3-11,15-16H,1-2H3/t15-/m1/s1. The van der Waals surface area contributed by atoms with Gasteiger partial charge < -0.3 is 0 Å². The highest BCUT2D eigenvalue weighted by Crippen LogP contribution is 2.22. The van der Waals surface area contributed by atoms with Crippen LogP contribution in [0.15, 0.2) is 54.6 Å². The van der Waals surface area contributed by atoms with Crippen LogP contribution in [0.4, 0.5) is 0 Å². The molecule has 0 unspecified atom stereocenters. The van der Waals surface area contributed by atoms with Gasteiger partial charge in [-0.1, -0.05) is 60.2 Å². The zero-order valence-corrected chi connectivity index (χ0v) is 11.8. The van der Waals surface area contributed by atoms with Gasteiger partial charge in [0.05, 0.1) is 12.3 Å². The smallest absolute Gasteiger partial charge is 0.209 e. The zero-order chi connectivity index (χ0) is 13.9. The molecule has 0 saturated carbocycles. The third-order valence-corrected chi connectivity index (χ3v) is 3.54. The van der Waals surface area contributed by atoms with E-state index in [0.717, 1.165) is 16.7 Å². The zero-order valence-electron chi connectivity index (χ0n) is 11.0. The summed E-state index contributed by atoms with van der Waals surface area (Å²) in [6.45, 7) is 2.01. The molecule has 0 amide bonds. The number of hydrogen-bond acceptors (Lipinski definition) is 2. The van der Waals surface area contributed by atoms with E-state index in [0.29, 0.717) is 0 Å². The van der Waals surface area contributed by atoms with Crippen LogP contribution in [0, 0.1) is 6.92 Å². The lowest BCUT2D eigenvalue weighted by molar-refractivity contribution is 0.578. The molecule has 0 aliphatic rings. The van der Waals surface area contributed by atoms with Crippen LogP contribution in [-0.4, -0.2) is 14.7 Å². The Morgan fingerprint density at radius 1 is 0.895 bits per heavy atom. The summed E-state index contributed by atoms with van der Waals surface area (Å²) in [6.07, 6.45) is 1.18. The summed E-state index contributed by atoms with van der Waals surface area (Å²) in [5.41, 5.74) is 3.01. The number of aryl methyl sites for hydroxylation is 1. The van der Waals surface area contributed by atoms with Crippen molar-refractivity contribution in [3.8, 4) is 0 Å². The summed E-state index contributed by atoms with van der Waals surface area (Å²) < 4.78 is 25.8. The van der Waals surface area contributed by atoms with Gasteiger partial charge in [0.25, 0.3) is 0 Å². The number of benzene rings is 2. The molecular formula is C15H17NO2S. The van der Waals surface area contributed by atoms with Crippen LogP contribution in [-0.2, 0) is 10.0 Å². The van der Waals surface area contributed by atoms with Crippen LogP contribution in [0.25, 0.3) is 0 Å². The minimum atomic E-state index is -3.28. The van der Waals surface area contributed by atoms with Crippen LogP contribution in [0.1, 0.15) is 22.7 Å². The number of sulfonamides is 1. The molecule has 19 heavy (non-hydrogen) atoms. The molecule has 0 fully saturated rings. The molecule has 0 aliphatic heterocycles. The molecule has 4 heteroatoms. The van der Waals surface area contributed by atoms with E-state index in [1.54, 1.807) is 0 Å². The predicted octanol–water partition coefficient (Wildman–Crippen LogP) is 2.63. The first-order valence-electron chi connectivity index (χ1n) is 6.04. The molecule has 0 bridgehead atoms. The maximum atomic E-state index is 11.5. The average Bonchev–Trinajstić information content (AvgIpc) is 2.37. The van der Waals surface area contributed by atoms with Gasteiger partial charge in [-0.2, -0.15) is 0 Å². The Kier molecular flexibility index (Phi) is 4.02. The van der Waals surface area contributed by atoms with Gasteiger partial charge in [0.2, 0.25) is 10.0 Å². The van der Waals surface area contributed by atoms with Gasteiger partial charge in [0, 0.05) is 0 Å². The van der Waals surface area contributed by atoms with Crippen LogP contribution >= 0.6 is 0 Å². The fraction of sp³-hybridized carbons (Fsp3) is 0.200. The molecule has 3 nitrogen and oxygen atoms in total. The minimum absolute atomic E-state index is 0.350. The molecule has 1 N–H and O–H groups in total. The third kappa shape index (κ3) is 3.91. The van der Waals surface area contributed by atoms with Crippen molar-refractivity contribution in [1.82, 2.24) is 4.72 Å². The molecule has 0 saturated heterocycles. The van der Waals surface area contributed by atoms with E-state index >= 15 is 0 Å². The third-order valence-electron chi connectivity index (χ3n) is 2.88. The van der Waals surface area contributed by atoms with Crippen molar-refractivity contribution in [2.24, 2.45) is 0 Å². The Bertz CT molecular complexity index is 634. The molecule has 2 aromatic rings. The second kappa shape index (κ2) is 5.55. The van der Waals surface area contributed by atoms with Gasteiger partial charge >= 0.3 is 0 Å². The Balaban J connectivity index is 2.43. The summed E-state index contributed by atoms with van der Waals surface area (Å²) in [6, 6.07) is 17.1. The van der Waals surface area contributed by atoms with Gasteiger partial charge in [0.15, 0.2) is 0 Å². The molecule has 0 aliphatic carbocycles. The van der Waals surface area contributed by atoms with Crippen molar-refractivity contribution < 1.29 is 8.42 Å². The van der Waals surface area contributed by atoms with Crippen LogP contribution in [0.3, 0.4) is 0 Å². The highest BCUT2D eigenvalue weighted by molar-refractivity contribution is 7.88. The molecule has 0 spiro atoms. The van der Waals surface area contributed by atoms with Crippen molar-refractivity contribution in [2.75, 3.05) is 6.26 Å². The minimum Gasteiger partial charge on any atom is -0.213 e. The fourth-order valence-corrected chi connectivity index (χ4v) is 2.65. The summed E-state index contributed by atoms with van der Waals surface area (Å²) in [5.74, 6) is 0. The lowest BCUT2D eigenvalue weighted by atomic mass is 9.99. The second-order valence-electron chi connectivity index (χ2n) is 4.64. The number of nitrogens with one attached hydrogen (secondary N) is 1. The van der Waals surface area contributed by atoms with Crippen LogP contribution in [0.2, 0.25) is 0 Å². The van der Waals surface area contributed by atoms with Crippen molar-refractivity contribution in [1.29, 1.82) is 0 Å². The highest BCUT2D eigenvalue weighted by Gasteiger charge is 2.17. The van der Waals surface area contributed by atoms with Gasteiger partial charge in [-0.05, 0) is 18.1 Å². The Labute approximate surface area is 114 Å². The second-order valence-corrected chi connectivity index (χ2v) is 6.42. The van der Waals surface area contributed by atoms with Crippen molar-refractivity contribution in [2.45, 2.75) is 13.0 Å². The maximum absolute atomic E-state index is 11.5. The van der Waals surface area contributed by atoms with E-state index in [4.69, 9.17) is 0 Å². The first-order chi connectivity index (χ1) is 8.96. The van der Waals surface area contributed by atoms with E-state index in [1.165, 1.54) is 6.26 Å². The van der Waals surface area contributed by atoms with Gasteiger partial charge in [-0.15, -0.1) is 0 Å². The van der Waals surface area contributed by atoms with Crippen LogP contribution < -0.4 is 4.72 Å². The lowest BCUT2D eigenvalue weighted by Crippen LogP contribution is -2.28. The van der Waals surface area contributed by atoms with E-state index in [9.17, 15) is 8.42 Å². The fourth-order valence-electron chi connectivity index (χ4n) is 1.95. The Morgan fingerprint density at radius 2 is 1.42 bits per heavy atom. The molecular weight excluding hydrogens is 258 g/mol. The summed E-state index contributed by atoms with van der Waals surface area (Å²) in [7, 11) is -3.28. The number of hydrogen-bond donors (Lipinski definition) is 1. The van der Waals surface area contributed by atoms with E-state index in [-0.39, 0.29) is 6.04 Å². The molecule has 2 aromatic carbocycles. The maximum Gasteiger partial charge on any atom is 0.209 e. The van der Waals surface area contributed by atoms with Gasteiger partial charge in [-0.3, -0.25) is 0 Å². The summed E-state index contributed by atoms with van der Waals surface area (Å²) >= 11 is 0. The molecule has 2 rings (SSSR count).